The lowest BCUT2D eigenvalue weighted by atomic mass is 9.70. The van der Waals surface area contributed by atoms with Gasteiger partial charge in [0.2, 0.25) is 0 Å². The maximum Gasteiger partial charge on any atom is 0.303 e. The molecule has 1 fully saturated rings. The van der Waals surface area contributed by atoms with Crippen molar-refractivity contribution in [2.45, 2.75) is 44.9 Å². The highest BCUT2D eigenvalue weighted by Gasteiger charge is 2.35. The van der Waals surface area contributed by atoms with Gasteiger partial charge < -0.3 is 5.11 Å². The predicted molar refractivity (Wildman–Crippen MR) is 81.1 cm³/mol. The Kier molecular flexibility index (Phi) is 3.93. The van der Waals surface area contributed by atoms with E-state index in [-0.39, 0.29) is 17.7 Å². The second kappa shape index (κ2) is 5.72. The fraction of sp³-hybridized carbons (Fsp3) is 0.500. The smallest absolute Gasteiger partial charge is 0.303 e. The molecule has 1 N–H and O–H groups in total. The van der Waals surface area contributed by atoms with Crippen LogP contribution in [0.4, 0.5) is 4.39 Å². The van der Waals surface area contributed by atoms with Gasteiger partial charge >= 0.3 is 5.97 Å². The van der Waals surface area contributed by atoms with Crippen LogP contribution >= 0.6 is 11.3 Å². The minimum atomic E-state index is -0.732. The van der Waals surface area contributed by atoms with Crippen molar-refractivity contribution in [1.29, 1.82) is 0 Å². The van der Waals surface area contributed by atoms with E-state index in [4.69, 9.17) is 0 Å². The molecule has 0 radical (unpaired) electrons. The molecule has 1 aromatic heterocycles. The van der Waals surface area contributed by atoms with Crippen LogP contribution in [0, 0.1) is 11.2 Å². The Bertz CT molecular complexity index is 661. The lowest BCUT2D eigenvalue weighted by molar-refractivity contribution is -0.140. The Balaban J connectivity index is 1.88. The van der Waals surface area contributed by atoms with Crippen molar-refractivity contribution in [2.75, 3.05) is 0 Å². The first-order valence-electron chi connectivity index (χ1n) is 7.33. The highest BCUT2D eigenvalue weighted by atomic mass is 32.1. The molecule has 3 nitrogen and oxygen atoms in total. The quantitative estimate of drug-likeness (QED) is 0.910. The molecule has 112 valence electrons. The fourth-order valence-corrected chi connectivity index (χ4v) is 4.55. The molecule has 1 saturated carbocycles. The zero-order valence-electron chi connectivity index (χ0n) is 11.8. The van der Waals surface area contributed by atoms with Gasteiger partial charge in [0.15, 0.2) is 0 Å². The number of carboxylic acid groups (broad SMARTS) is 1. The molecule has 0 spiro atoms. The molecule has 1 aromatic carbocycles. The number of fused-ring (bicyclic) bond motifs is 1. The first-order chi connectivity index (χ1) is 10.1. The van der Waals surface area contributed by atoms with E-state index in [0.29, 0.717) is 6.42 Å². The summed E-state index contributed by atoms with van der Waals surface area (Å²) in [7, 11) is 0. The van der Waals surface area contributed by atoms with Gasteiger partial charge in [-0.25, -0.2) is 9.37 Å². The van der Waals surface area contributed by atoms with Crippen LogP contribution in [0.15, 0.2) is 18.2 Å². The lowest BCUT2D eigenvalue weighted by Gasteiger charge is -2.35. The molecule has 0 atom stereocenters. The summed E-state index contributed by atoms with van der Waals surface area (Å²) >= 11 is 1.49. The van der Waals surface area contributed by atoms with Gasteiger partial charge in [-0.3, -0.25) is 4.79 Å². The van der Waals surface area contributed by atoms with Crippen molar-refractivity contribution in [1.82, 2.24) is 4.98 Å². The van der Waals surface area contributed by atoms with E-state index in [1.54, 1.807) is 6.07 Å². The Hall–Kier alpha value is -1.49. The van der Waals surface area contributed by atoms with E-state index in [9.17, 15) is 14.3 Å². The number of carbonyl (C=O) groups is 1. The van der Waals surface area contributed by atoms with Crippen LogP contribution in [-0.4, -0.2) is 16.1 Å². The molecule has 3 rings (SSSR count). The van der Waals surface area contributed by atoms with Crippen LogP contribution in [0.1, 0.15) is 43.5 Å². The third-order valence-electron chi connectivity index (χ3n) is 4.36. The Morgan fingerprint density at radius 2 is 2.10 bits per heavy atom. The SMILES string of the molecule is O=C(O)CC1(Cc2nc3ccc(F)cc3s2)CCCCC1. The monoisotopic (exact) mass is 307 g/mol. The van der Waals surface area contributed by atoms with Gasteiger partial charge in [-0.15, -0.1) is 11.3 Å². The Morgan fingerprint density at radius 1 is 1.33 bits per heavy atom. The first-order valence-corrected chi connectivity index (χ1v) is 8.15. The second-order valence-electron chi connectivity index (χ2n) is 6.03. The molecule has 0 aliphatic heterocycles. The van der Waals surface area contributed by atoms with Gasteiger partial charge in [-0.2, -0.15) is 0 Å². The minimum absolute atomic E-state index is 0.170. The number of hydrogen-bond acceptors (Lipinski definition) is 3. The molecule has 1 aliphatic rings. The summed E-state index contributed by atoms with van der Waals surface area (Å²) in [6.07, 6.45) is 6.16. The molecular weight excluding hydrogens is 289 g/mol. The number of aliphatic carboxylic acids is 1. The number of halogens is 1. The molecule has 1 aliphatic carbocycles. The van der Waals surface area contributed by atoms with Crippen LogP contribution in [0.5, 0.6) is 0 Å². The van der Waals surface area contributed by atoms with Crippen LogP contribution in [-0.2, 0) is 11.2 Å². The number of benzene rings is 1. The van der Waals surface area contributed by atoms with E-state index >= 15 is 0 Å². The van der Waals surface area contributed by atoms with E-state index in [2.05, 4.69) is 4.98 Å². The number of thiazole rings is 1. The van der Waals surface area contributed by atoms with Crippen LogP contribution in [0.25, 0.3) is 10.2 Å². The molecule has 0 bridgehead atoms. The number of carboxylic acids is 1. The maximum atomic E-state index is 13.3. The van der Waals surface area contributed by atoms with Gasteiger partial charge in [-0.1, -0.05) is 19.3 Å². The lowest BCUT2D eigenvalue weighted by Crippen LogP contribution is -2.29. The minimum Gasteiger partial charge on any atom is -0.481 e. The molecule has 0 amide bonds. The van der Waals surface area contributed by atoms with Gasteiger partial charge in [0.25, 0.3) is 0 Å². The molecular formula is C16H18FNO2S. The van der Waals surface area contributed by atoms with Crippen molar-refractivity contribution in [2.24, 2.45) is 5.41 Å². The van der Waals surface area contributed by atoms with E-state index in [0.717, 1.165) is 40.9 Å². The number of aromatic nitrogens is 1. The third kappa shape index (κ3) is 3.23. The predicted octanol–water partition coefficient (Wildman–Crippen LogP) is 4.40. The zero-order chi connectivity index (χ0) is 14.9. The van der Waals surface area contributed by atoms with Gasteiger partial charge in [0.05, 0.1) is 21.6 Å². The standard InChI is InChI=1S/C16H18FNO2S/c17-11-4-5-12-13(8-11)21-14(18-12)9-16(10-15(19)20)6-2-1-3-7-16/h4-5,8H,1-3,6-7,9-10H2,(H,19,20). The molecule has 2 aromatic rings. The van der Waals surface area contributed by atoms with E-state index < -0.39 is 5.97 Å². The summed E-state index contributed by atoms with van der Waals surface area (Å²) in [5.74, 6) is -0.986. The van der Waals surface area contributed by atoms with Crippen molar-refractivity contribution < 1.29 is 14.3 Å². The summed E-state index contributed by atoms with van der Waals surface area (Å²) < 4.78 is 14.1. The summed E-state index contributed by atoms with van der Waals surface area (Å²) in [6, 6.07) is 4.61. The van der Waals surface area contributed by atoms with Gasteiger partial charge in [0.1, 0.15) is 5.82 Å². The molecule has 5 heteroatoms. The molecule has 0 saturated heterocycles. The van der Waals surface area contributed by atoms with Gasteiger partial charge in [-0.05, 0) is 36.5 Å². The summed E-state index contributed by atoms with van der Waals surface area (Å²) in [6.45, 7) is 0. The van der Waals surface area contributed by atoms with E-state index in [1.165, 1.54) is 29.9 Å². The Morgan fingerprint density at radius 3 is 2.81 bits per heavy atom. The highest BCUT2D eigenvalue weighted by Crippen LogP contribution is 2.43. The summed E-state index contributed by atoms with van der Waals surface area (Å²) in [5, 5.41) is 10.1. The number of hydrogen-bond donors (Lipinski definition) is 1. The van der Waals surface area contributed by atoms with Crippen LogP contribution < -0.4 is 0 Å². The van der Waals surface area contributed by atoms with Gasteiger partial charge in [0, 0.05) is 6.42 Å². The molecule has 1 heterocycles. The largest absolute Gasteiger partial charge is 0.481 e. The third-order valence-corrected chi connectivity index (χ3v) is 5.38. The topological polar surface area (TPSA) is 50.2 Å². The summed E-state index contributed by atoms with van der Waals surface area (Å²) in [5.41, 5.74) is 0.633. The number of rotatable bonds is 4. The van der Waals surface area contributed by atoms with E-state index in [1.807, 2.05) is 0 Å². The fourth-order valence-electron chi connectivity index (χ4n) is 3.38. The van der Waals surface area contributed by atoms with Crippen LogP contribution in [0.2, 0.25) is 0 Å². The number of nitrogens with zero attached hydrogens (tertiary/aromatic N) is 1. The first kappa shape index (κ1) is 14.4. The Labute approximate surface area is 126 Å². The van der Waals surface area contributed by atoms with Crippen molar-refractivity contribution >= 4 is 27.5 Å². The summed E-state index contributed by atoms with van der Waals surface area (Å²) in [4.78, 5) is 15.8. The second-order valence-corrected chi connectivity index (χ2v) is 7.14. The van der Waals surface area contributed by atoms with Crippen molar-refractivity contribution in [3.63, 3.8) is 0 Å². The van der Waals surface area contributed by atoms with Crippen molar-refractivity contribution in [3.05, 3.63) is 29.0 Å². The molecule has 21 heavy (non-hydrogen) atoms. The maximum absolute atomic E-state index is 13.3. The average molecular weight is 307 g/mol. The zero-order valence-corrected chi connectivity index (χ0v) is 12.6. The van der Waals surface area contributed by atoms with Crippen molar-refractivity contribution in [3.8, 4) is 0 Å². The highest BCUT2D eigenvalue weighted by molar-refractivity contribution is 7.18. The normalized spacial score (nSPS) is 18.0. The average Bonchev–Trinajstić information content (AvgIpc) is 2.79. The van der Waals surface area contributed by atoms with Crippen LogP contribution in [0.3, 0.4) is 0 Å². The molecule has 0 unspecified atom stereocenters.